The van der Waals surface area contributed by atoms with Gasteiger partial charge in [-0.1, -0.05) is 59.8 Å². The number of carbonyl (C=O) groups is 1. The monoisotopic (exact) mass is 438 g/mol. The molecular formula is C26H26N6O. The summed E-state index contributed by atoms with van der Waals surface area (Å²) in [5.74, 6) is 0.401. The zero-order valence-corrected chi connectivity index (χ0v) is 18.2. The molecule has 7 heteroatoms. The van der Waals surface area contributed by atoms with Gasteiger partial charge in [-0.3, -0.25) is 4.79 Å². The standard InChI is InChI=1S/C26H26N6O/c27-23-8-4-5-9-24(23)29-26(33)20-12-10-18(11-13-20)16-32-17-21(30-31-32)15-28-25-14-22(25)19-6-2-1-3-7-19/h1-13,17,22,25,28H,14-16,27H2,(H,29,33)/t22-,25+/m0/s1. The van der Waals surface area contributed by atoms with Crippen LogP contribution in [0.15, 0.2) is 85.1 Å². The number of amides is 1. The summed E-state index contributed by atoms with van der Waals surface area (Å²) < 4.78 is 1.82. The van der Waals surface area contributed by atoms with E-state index in [1.165, 1.54) is 5.56 Å². The lowest BCUT2D eigenvalue weighted by atomic mass is 10.1. The average molecular weight is 439 g/mol. The van der Waals surface area contributed by atoms with Gasteiger partial charge in [0.05, 0.1) is 29.8 Å². The predicted molar refractivity (Wildman–Crippen MR) is 129 cm³/mol. The molecule has 1 amide bonds. The Labute approximate surface area is 192 Å². The Bertz CT molecular complexity index is 1240. The van der Waals surface area contributed by atoms with Crippen LogP contribution in [0.25, 0.3) is 0 Å². The molecule has 3 aromatic carbocycles. The summed E-state index contributed by atoms with van der Waals surface area (Å²) in [6.07, 6.45) is 3.13. The highest BCUT2D eigenvalue weighted by Gasteiger charge is 2.37. The average Bonchev–Trinajstić information content (AvgIpc) is 3.50. The minimum absolute atomic E-state index is 0.192. The maximum atomic E-state index is 12.5. The Morgan fingerprint density at radius 3 is 2.55 bits per heavy atom. The van der Waals surface area contributed by atoms with Crippen LogP contribution in [0.3, 0.4) is 0 Å². The fourth-order valence-corrected chi connectivity index (χ4v) is 3.98. The summed E-state index contributed by atoms with van der Waals surface area (Å²) in [4.78, 5) is 12.5. The van der Waals surface area contributed by atoms with Crippen molar-refractivity contribution in [2.75, 3.05) is 11.1 Å². The second kappa shape index (κ2) is 9.26. The molecule has 0 aliphatic heterocycles. The predicted octanol–water partition coefficient (Wildman–Crippen LogP) is 3.81. The number of carbonyl (C=O) groups excluding carboxylic acids is 1. The number of nitrogens with two attached hydrogens (primary N) is 1. The van der Waals surface area contributed by atoms with Crippen LogP contribution in [-0.2, 0) is 13.1 Å². The topological polar surface area (TPSA) is 97.9 Å². The van der Waals surface area contributed by atoms with E-state index < -0.39 is 0 Å². The molecular weight excluding hydrogens is 412 g/mol. The summed E-state index contributed by atoms with van der Waals surface area (Å²) in [6, 6.07) is 25.8. The van der Waals surface area contributed by atoms with Crippen molar-refractivity contribution < 1.29 is 4.79 Å². The largest absolute Gasteiger partial charge is 0.397 e. The molecule has 0 bridgehead atoms. The molecule has 33 heavy (non-hydrogen) atoms. The van der Waals surface area contributed by atoms with Crippen LogP contribution in [-0.4, -0.2) is 26.9 Å². The summed E-state index contributed by atoms with van der Waals surface area (Å²) in [7, 11) is 0. The quantitative estimate of drug-likeness (QED) is 0.364. The molecule has 1 saturated carbocycles. The second-order valence-corrected chi connectivity index (χ2v) is 8.39. The van der Waals surface area contributed by atoms with Crippen LogP contribution < -0.4 is 16.4 Å². The fourth-order valence-electron chi connectivity index (χ4n) is 3.98. The lowest BCUT2D eigenvalue weighted by Crippen LogP contribution is -2.17. The summed E-state index contributed by atoms with van der Waals surface area (Å²) >= 11 is 0. The molecule has 4 N–H and O–H groups in total. The number of aromatic nitrogens is 3. The van der Waals surface area contributed by atoms with Crippen molar-refractivity contribution >= 4 is 17.3 Å². The second-order valence-electron chi connectivity index (χ2n) is 8.39. The van der Waals surface area contributed by atoms with Crippen molar-refractivity contribution in [3.05, 3.63) is 107 Å². The summed E-state index contributed by atoms with van der Waals surface area (Å²) in [6.45, 7) is 1.30. The minimum atomic E-state index is -0.192. The zero-order chi connectivity index (χ0) is 22.6. The van der Waals surface area contributed by atoms with Crippen LogP contribution in [0.2, 0.25) is 0 Å². The van der Waals surface area contributed by atoms with Gasteiger partial charge in [-0.05, 0) is 41.8 Å². The number of benzene rings is 3. The maximum Gasteiger partial charge on any atom is 0.255 e. The lowest BCUT2D eigenvalue weighted by Gasteiger charge is -2.08. The van der Waals surface area contributed by atoms with E-state index in [4.69, 9.17) is 5.73 Å². The SMILES string of the molecule is Nc1ccccc1NC(=O)c1ccc(Cn2cc(CN[C@@H]3C[C@H]3c3ccccc3)nn2)cc1. The third-order valence-corrected chi connectivity index (χ3v) is 5.92. The number of hydrogen-bond acceptors (Lipinski definition) is 5. The zero-order valence-electron chi connectivity index (χ0n) is 18.2. The Hall–Kier alpha value is -3.97. The number of nitrogens with zero attached hydrogens (tertiary/aromatic N) is 3. The van der Waals surface area contributed by atoms with Gasteiger partial charge < -0.3 is 16.4 Å². The first-order valence-electron chi connectivity index (χ1n) is 11.1. The molecule has 0 saturated heterocycles. The fraction of sp³-hybridized carbons (Fsp3) is 0.192. The number of nitrogens with one attached hydrogen (secondary N) is 2. The highest BCUT2D eigenvalue weighted by atomic mass is 16.1. The molecule has 1 aliphatic rings. The van der Waals surface area contributed by atoms with E-state index >= 15 is 0 Å². The first-order valence-corrected chi connectivity index (χ1v) is 11.1. The van der Waals surface area contributed by atoms with Gasteiger partial charge in [0.2, 0.25) is 0 Å². The molecule has 0 radical (unpaired) electrons. The van der Waals surface area contributed by atoms with Crippen molar-refractivity contribution in [1.29, 1.82) is 0 Å². The molecule has 166 valence electrons. The number of rotatable bonds is 8. The number of para-hydroxylation sites is 2. The maximum absolute atomic E-state index is 12.5. The van der Waals surface area contributed by atoms with E-state index in [0.29, 0.717) is 42.0 Å². The van der Waals surface area contributed by atoms with Crippen molar-refractivity contribution in [3.8, 4) is 0 Å². The molecule has 7 nitrogen and oxygen atoms in total. The number of nitrogen functional groups attached to an aromatic ring is 1. The molecule has 1 heterocycles. The van der Waals surface area contributed by atoms with E-state index in [0.717, 1.165) is 17.7 Å². The van der Waals surface area contributed by atoms with Gasteiger partial charge in [-0.2, -0.15) is 0 Å². The lowest BCUT2D eigenvalue weighted by molar-refractivity contribution is 0.102. The van der Waals surface area contributed by atoms with Crippen LogP contribution in [0, 0.1) is 0 Å². The van der Waals surface area contributed by atoms with Gasteiger partial charge in [0.25, 0.3) is 5.91 Å². The summed E-state index contributed by atoms with van der Waals surface area (Å²) in [5, 5.41) is 14.9. The Balaban J connectivity index is 1.12. The van der Waals surface area contributed by atoms with Crippen LogP contribution in [0.4, 0.5) is 11.4 Å². The van der Waals surface area contributed by atoms with Crippen LogP contribution in [0.1, 0.15) is 39.5 Å². The normalized spacial score (nSPS) is 17.0. The Morgan fingerprint density at radius 2 is 1.76 bits per heavy atom. The summed E-state index contributed by atoms with van der Waals surface area (Å²) in [5.41, 5.74) is 11.0. The van der Waals surface area contributed by atoms with Crippen molar-refractivity contribution in [2.24, 2.45) is 0 Å². The van der Waals surface area contributed by atoms with Gasteiger partial charge >= 0.3 is 0 Å². The Kier molecular flexibility index (Phi) is 5.87. The molecule has 1 aromatic heterocycles. The molecule has 1 fully saturated rings. The van der Waals surface area contributed by atoms with Gasteiger partial charge in [0.1, 0.15) is 0 Å². The molecule has 2 atom stereocenters. The third-order valence-electron chi connectivity index (χ3n) is 5.92. The Morgan fingerprint density at radius 1 is 1.00 bits per heavy atom. The molecule has 1 aliphatic carbocycles. The van der Waals surface area contributed by atoms with Crippen LogP contribution >= 0.6 is 0 Å². The van der Waals surface area contributed by atoms with Crippen molar-refractivity contribution in [1.82, 2.24) is 20.3 Å². The van der Waals surface area contributed by atoms with E-state index in [-0.39, 0.29) is 5.91 Å². The van der Waals surface area contributed by atoms with Crippen molar-refractivity contribution in [2.45, 2.75) is 31.5 Å². The third kappa shape index (κ3) is 5.10. The highest BCUT2D eigenvalue weighted by molar-refractivity contribution is 6.05. The molecule has 0 unspecified atom stereocenters. The van der Waals surface area contributed by atoms with E-state index in [9.17, 15) is 4.79 Å². The van der Waals surface area contributed by atoms with Gasteiger partial charge in [0, 0.05) is 24.1 Å². The number of hydrogen-bond donors (Lipinski definition) is 3. The molecule has 5 rings (SSSR count). The molecule has 0 spiro atoms. The number of anilines is 2. The van der Waals surface area contributed by atoms with Gasteiger partial charge in [-0.15, -0.1) is 5.10 Å². The van der Waals surface area contributed by atoms with E-state index in [1.807, 2.05) is 35.1 Å². The molecule has 4 aromatic rings. The highest BCUT2D eigenvalue weighted by Crippen LogP contribution is 2.40. The van der Waals surface area contributed by atoms with Gasteiger partial charge in [-0.25, -0.2) is 4.68 Å². The first kappa shape index (κ1) is 20.9. The van der Waals surface area contributed by atoms with Gasteiger partial charge in [0.15, 0.2) is 0 Å². The smallest absolute Gasteiger partial charge is 0.255 e. The van der Waals surface area contributed by atoms with E-state index in [2.05, 4.69) is 51.3 Å². The van der Waals surface area contributed by atoms with Crippen LogP contribution in [0.5, 0.6) is 0 Å². The minimum Gasteiger partial charge on any atom is -0.397 e. The first-order chi connectivity index (χ1) is 16.2. The van der Waals surface area contributed by atoms with Crippen molar-refractivity contribution in [3.63, 3.8) is 0 Å². The van der Waals surface area contributed by atoms with E-state index in [1.54, 1.807) is 24.3 Å².